The Morgan fingerprint density at radius 1 is 0.833 bits per heavy atom. The Kier molecular flexibility index (Phi) is 16.7. The van der Waals surface area contributed by atoms with Crippen LogP contribution in [0.2, 0.25) is 0 Å². The van der Waals surface area contributed by atoms with E-state index in [1.807, 2.05) is 0 Å². The molecular weight excluding hydrogens is 228 g/mol. The van der Waals surface area contributed by atoms with Crippen LogP contribution in [0, 0.1) is 11.8 Å². The second-order valence-corrected chi connectivity index (χ2v) is 4.65. The fourth-order valence-corrected chi connectivity index (χ4v) is 1.55. The van der Waals surface area contributed by atoms with Crippen molar-refractivity contribution in [1.82, 2.24) is 0 Å². The molecule has 2 unspecified atom stereocenters. The summed E-state index contributed by atoms with van der Waals surface area (Å²) in [4.78, 5) is 26.2. The number of nitrogens with zero attached hydrogens (tertiary/aromatic N) is 2. The zero-order valence-electron chi connectivity index (χ0n) is 12.1. The summed E-state index contributed by atoms with van der Waals surface area (Å²) in [6, 6.07) is 0. The number of hydrogen-bond donors (Lipinski definition) is 0. The van der Waals surface area contributed by atoms with Crippen molar-refractivity contribution in [2.24, 2.45) is 21.8 Å². The molecule has 0 fully saturated rings. The lowest BCUT2D eigenvalue weighted by atomic mass is 10.1. The summed E-state index contributed by atoms with van der Waals surface area (Å²) in [6.07, 6.45) is 7.68. The first kappa shape index (κ1) is 19.1. The van der Waals surface area contributed by atoms with Gasteiger partial charge >= 0.3 is 0 Å². The third-order valence-electron chi connectivity index (χ3n) is 2.50. The molecule has 4 heteroatoms. The molecule has 4 nitrogen and oxygen atoms in total. The van der Waals surface area contributed by atoms with Crippen molar-refractivity contribution in [2.45, 2.75) is 53.4 Å². The standard InChI is InChI=1S/2C7H13NO/c2*1-3-4-7(2)5-8-6-9/h2*7H,3-5H2,1-2H3. The smallest absolute Gasteiger partial charge is 0.211 e. The van der Waals surface area contributed by atoms with Crippen LogP contribution in [-0.2, 0) is 9.59 Å². The maximum absolute atomic E-state index is 9.62. The van der Waals surface area contributed by atoms with Crippen molar-refractivity contribution >= 4 is 12.2 Å². The van der Waals surface area contributed by atoms with E-state index < -0.39 is 0 Å². The van der Waals surface area contributed by atoms with Crippen LogP contribution in [0.25, 0.3) is 0 Å². The van der Waals surface area contributed by atoms with Gasteiger partial charge in [0.2, 0.25) is 12.2 Å². The minimum absolute atomic E-state index is 0.538. The monoisotopic (exact) mass is 254 g/mol. The van der Waals surface area contributed by atoms with Crippen LogP contribution in [-0.4, -0.2) is 25.2 Å². The highest BCUT2D eigenvalue weighted by Crippen LogP contribution is 2.04. The molecule has 0 aromatic rings. The van der Waals surface area contributed by atoms with Gasteiger partial charge in [-0.05, 0) is 24.7 Å². The lowest BCUT2D eigenvalue weighted by Crippen LogP contribution is -1.97. The van der Waals surface area contributed by atoms with Gasteiger partial charge in [-0.2, -0.15) is 0 Å². The molecule has 0 heterocycles. The Hall–Kier alpha value is -1.24. The number of rotatable bonds is 8. The van der Waals surface area contributed by atoms with Gasteiger partial charge in [0.25, 0.3) is 0 Å². The van der Waals surface area contributed by atoms with Gasteiger partial charge in [-0.25, -0.2) is 19.6 Å². The summed E-state index contributed by atoms with van der Waals surface area (Å²) >= 11 is 0. The highest BCUT2D eigenvalue weighted by atomic mass is 16.1. The van der Waals surface area contributed by atoms with Gasteiger partial charge in [-0.1, -0.05) is 40.5 Å². The van der Waals surface area contributed by atoms with Gasteiger partial charge in [0.1, 0.15) is 0 Å². The van der Waals surface area contributed by atoms with E-state index in [0.29, 0.717) is 24.9 Å². The second-order valence-electron chi connectivity index (χ2n) is 4.65. The van der Waals surface area contributed by atoms with Crippen molar-refractivity contribution in [3.63, 3.8) is 0 Å². The van der Waals surface area contributed by atoms with Crippen LogP contribution in [0.5, 0.6) is 0 Å². The summed E-state index contributed by atoms with van der Waals surface area (Å²) in [5, 5.41) is 0. The van der Waals surface area contributed by atoms with Gasteiger partial charge < -0.3 is 0 Å². The number of carbonyl (C=O) groups excluding carboxylic acids is 2. The van der Waals surface area contributed by atoms with E-state index in [2.05, 4.69) is 37.7 Å². The minimum Gasteiger partial charge on any atom is -0.211 e. The normalized spacial score (nSPS) is 12.2. The Morgan fingerprint density at radius 2 is 1.17 bits per heavy atom. The molecule has 0 aliphatic rings. The first-order valence-corrected chi connectivity index (χ1v) is 6.69. The van der Waals surface area contributed by atoms with Crippen LogP contribution in [0.15, 0.2) is 9.98 Å². The molecule has 0 N–H and O–H groups in total. The van der Waals surface area contributed by atoms with Crippen molar-refractivity contribution in [2.75, 3.05) is 13.1 Å². The Balaban J connectivity index is 0. The first-order chi connectivity index (χ1) is 8.62. The summed E-state index contributed by atoms with van der Waals surface area (Å²) < 4.78 is 0. The molecule has 0 aromatic heterocycles. The molecule has 2 atom stereocenters. The summed E-state index contributed by atoms with van der Waals surface area (Å²) in [6.45, 7) is 9.70. The van der Waals surface area contributed by atoms with Crippen LogP contribution >= 0.6 is 0 Å². The molecular formula is C14H26N2O2. The fraction of sp³-hybridized carbons (Fsp3) is 0.857. The number of hydrogen-bond acceptors (Lipinski definition) is 4. The topological polar surface area (TPSA) is 58.9 Å². The Morgan fingerprint density at radius 3 is 1.39 bits per heavy atom. The van der Waals surface area contributed by atoms with Crippen molar-refractivity contribution in [1.29, 1.82) is 0 Å². The molecule has 104 valence electrons. The van der Waals surface area contributed by atoms with Crippen LogP contribution in [0.4, 0.5) is 0 Å². The van der Waals surface area contributed by atoms with Gasteiger partial charge in [0.15, 0.2) is 0 Å². The molecule has 0 spiro atoms. The van der Waals surface area contributed by atoms with E-state index in [4.69, 9.17) is 0 Å². The quantitative estimate of drug-likeness (QED) is 0.491. The molecule has 0 saturated carbocycles. The van der Waals surface area contributed by atoms with Crippen LogP contribution in [0.3, 0.4) is 0 Å². The molecule has 0 saturated heterocycles. The van der Waals surface area contributed by atoms with Crippen molar-refractivity contribution in [3.8, 4) is 0 Å². The lowest BCUT2D eigenvalue weighted by Gasteiger charge is -2.02. The van der Waals surface area contributed by atoms with E-state index in [1.165, 1.54) is 12.2 Å². The van der Waals surface area contributed by atoms with E-state index >= 15 is 0 Å². The Labute approximate surface area is 111 Å². The maximum Gasteiger partial charge on any atom is 0.234 e. The van der Waals surface area contributed by atoms with Gasteiger partial charge in [-0.3, -0.25) is 0 Å². The highest BCUT2D eigenvalue weighted by Gasteiger charge is 1.97. The van der Waals surface area contributed by atoms with Gasteiger partial charge in [0, 0.05) is 0 Å². The van der Waals surface area contributed by atoms with Crippen LogP contribution < -0.4 is 0 Å². The molecule has 0 rings (SSSR count). The second kappa shape index (κ2) is 15.8. The SMILES string of the molecule is CCCC(C)CN=C=O.CCCC(C)CN=C=O. The van der Waals surface area contributed by atoms with E-state index in [-0.39, 0.29) is 0 Å². The lowest BCUT2D eigenvalue weighted by molar-refractivity contribution is 0.525. The average Bonchev–Trinajstić information content (AvgIpc) is 2.35. The number of aliphatic imine (C=N–C) groups is 2. The largest absolute Gasteiger partial charge is 0.234 e. The van der Waals surface area contributed by atoms with Gasteiger partial charge in [0.05, 0.1) is 13.1 Å². The van der Waals surface area contributed by atoms with Crippen molar-refractivity contribution in [3.05, 3.63) is 0 Å². The van der Waals surface area contributed by atoms with Crippen LogP contribution in [0.1, 0.15) is 53.4 Å². The summed E-state index contributed by atoms with van der Waals surface area (Å²) in [7, 11) is 0. The molecule has 0 aromatic carbocycles. The first-order valence-electron chi connectivity index (χ1n) is 6.69. The van der Waals surface area contributed by atoms with Crippen molar-refractivity contribution < 1.29 is 9.59 Å². The molecule has 0 aliphatic carbocycles. The van der Waals surface area contributed by atoms with E-state index in [1.54, 1.807) is 0 Å². The zero-order valence-corrected chi connectivity index (χ0v) is 12.1. The highest BCUT2D eigenvalue weighted by molar-refractivity contribution is 5.33. The molecule has 0 amide bonds. The third-order valence-corrected chi connectivity index (χ3v) is 2.50. The maximum atomic E-state index is 9.62. The van der Waals surface area contributed by atoms with E-state index in [0.717, 1.165) is 25.7 Å². The molecule has 0 aliphatic heterocycles. The third kappa shape index (κ3) is 17.2. The molecule has 0 radical (unpaired) electrons. The molecule has 18 heavy (non-hydrogen) atoms. The van der Waals surface area contributed by atoms with Gasteiger partial charge in [-0.15, -0.1) is 0 Å². The summed E-state index contributed by atoms with van der Waals surface area (Å²) in [5.41, 5.74) is 0. The number of isocyanates is 2. The predicted octanol–water partition coefficient (Wildman–Crippen LogP) is 3.52. The predicted molar refractivity (Wildman–Crippen MR) is 74.1 cm³/mol. The zero-order chi connectivity index (χ0) is 14.2. The van der Waals surface area contributed by atoms with E-state index in [9.17, 15) is 9.59 Å². The average molecular weight is 254 g/mol. The minimum atomic E-state index is 0.538. The Bertz CT molecular complexity index is 239. The summed E-state index contributed by atoms with van der Waals surface area (Å²) in [5.74, 6) is 1.08. The molecule has 0 bridgehead atoms. The fourth-order valence-electron chi connectivity index (χ4n) is 1.55.